The van der Waals surface area contributed by atoms with Gasteiger partial charge < -0.3 is 50.8 Å². The number of piperidine rings is 1. The summed E-state index contributed by atoms with van der Waals surface area (Å²) in [5.74, 6) is -7.64. The molecule has 7 N–H and O–H groups in total. The Bertz CT molecular complexity index is 2160. The number of benzene rings is 2. The Balaban J connectivity index is 1.88. The second-order valence-electron chi connectivity index (χ2n) is 17.1. The zero-order valence-corrected chi connectivity index (χ0v) is 39.6. The summed E-state index contributed by atoms with van der Waals surface area (Å²) in [5.41, 5.74) is 1.28. The summed E-state index contributed by atoms with van der Waals surface area (Å²) in [7, 11) is -2.64. The van der Waals surface area contributed by atoms with Crippen molar-refractivity contribution in [2.45, 2.75) is 134 Å². The third kappa shape index (κ3) is 14.7. The molecular weight excluding hydrogens is 897 g/mol. The summed E-state index contributed by atoms with van der Waals surface area (Å²) in [6.07, 6.45) is -4.31. The van der Waals surface area contributed by atoms with E-state index in [4.69, 9.17) is 14.0 Å². The number of nitrogens with one attached hydrogen (secondary N) is 4. The fraction of sp³-hybridized carbons (Fsp3) is 0.578. The van der Waals surface area contributed by atoms with Crippen molar-refractivity contribution in [1.29, 1.82) is 0 Å². The van der Waals surface area contributed by atoms with Gasteiger partial charge in [0.1, 0.15) is 60.9 Å². The van der Waals surface area contributed by atoms with Crippen LogP contribution >= 0.6 is 0 Å². The van der Waals surface area contributed by atoms with Crippen molar-refractivity contribution in [3.05, 3.63) is 65.7 Å². The smallest absolute Gasteiger partial charge is 0.397 e. The Labute approximate surface area is 390 Å². The molecule has 0 saturated carbocycles. The normalized spacial score (nSPS) is 26.4. The Kier molecular flexibility index (Phi) is 19.6. The third-order valence-corrected chi connectivity index (χ3v) is 12.8. The molecule has 4 rings (SSSR count). The number of carbonyl (C=O) groups is 7. The summed E-state index contributed by atoms with van der Waals surface area (Å²) in [6, 6.07) is 6.14. The molecular formula is C45H64N6O15S. The van der Waals surface area contributed by atoms with Gasteiger partial charge in [0, 0.05) is 20.6 Å². The van der Waals surface area contributed by atoms with E-state index in [-0.39, 0.29) is 37.9 Å². The number of aromatic hydroxyl groups is 1. The molecule has 6 amide bonds. The molecule has 2 aromatic rings. The van der Waals surface area contributed by atoms with E-state index in [0.29, 0.717) is 24.0 Å². The summed E-state index contributed by atoms with van der Waals surface area (Å²) in [6.45, 7) is 7.14. The first kappa shape index (κ1) is 53.9. The van der Waals surface area contributed by atoms with Gasteiger partial charge in [0.05, 0.1) is 0 Å². The number of esters is 1. The first-order valence-corrected chi connectivity index (χ1v) is 23.6. The molecule has 2 fully saturated rings. The lowest BCUT2D eigenvalue weighted by atomic mass is 9.91. The molecule has 22 heteroatoms. The van der Waals surface area contributed by atoms with Crippen LogP contribution in [0.4, 0.5) is 0 Å². The summed E-state index contributed by atoms with van der Waals surface area (Å²) in [4.78, 5) is 103. The van der Waals surface area contributed by atoms with Gasteiger partial charge in [-0.05, 0) is 67.7 Å². The molecule has 11 atom stereocenters. The molecule has 2 bridgehead atoms. The van der Waals surface area contributed by atoms with Gasteiger partial charge in [-0.1, -0.05) is 83.0 Å². The number of aliphatic hydroxyl groups is 1. The van der Waals surface area contributed by atoms with Crippen LogP contribution in [0.3, 0.4) is 0 Å². The molecule has 0 unspecified atom stereocenters. The molecule has 0 aromatic heterocycles. The zero-order valence-electron chi connectivity index (χ0n) is 38.7. The predicted molar refractivity (Wildman–Crippen MR) is 239 cm³/mol. The monoisotopic (exact) mass is 960 g/mol. The van der Waals surface area contributed by atoms with Crippen molar-refractivity contribution >= 4 is 51.8 Å². The highest BCUT2D eigenvalue weighted by Gasteiger charge is 2.47. The quantitative estimate of drug-likeness (QED) is 0.0946. The molecule has 67 heavy (non-hydrogen) atoms. The van der Waals surface area contributed by atoms with Crippen LogP contribution in [0.15, 0.2) is 54.6 Å². The van der Waals surface area contributed by atoms with E-state index in [9.17, 15) is 52.2 Å². The van der Waals surface area contributed by atoms with Crippen molar-refractivity contribution in [2.75, 3.05) is 20.8 Å². The molecule has 2 aromatic carbocycles. The van der Waals surface area contributed by atoms with Gasteiger partial charge in [0.2, 0.25) is 29.5 Å². The van der Waals surface area contributed by atoms with E-state index in [0.717, 1.165) is 12.0 Å². The van der Waals surface area contributed by atoms with E-state index in [1.54, 1.807) is 70.2 Å². The van der Waals surface area contributed by atoms with Gasteiger partial charge in [-0.3, -0.25) is 33.3 Å². The Hall–Kier alpha value is -5.68. The maximum absolute atomic E-state index is 14.9. The van der Waals surface area contributed by atoms with Gasteiger partial charge >= 0.3 is 16.4 Å². The molecule has 0 spiro atoms. The number of rotatable bonds is 15. The van der Waals surface area contributed by atoms with Crippen LogP contribution in [0.1, 0.15) is 77.8 Å². The van der Waals surface area contributed by atoms with E-state index >= 15 is 0 Å². The molecule has 2 aliphatic rings. The van der Waals surface area contributed by atoms with Gasteiger partial charge in [0.25, 0.3) is 5.91 Å². The molecule has 2 saturated heterocycles. The van der Waals surface area contributed by atoms with Crippen molar-refractivity contribution in [2.24, 2.45) is 11.8 Å². The lowest BCUT2D eigenvalue weighted by Crippen LogP contribution is -2.66. The number of cyclic esters (lactones) is 1. The van der Waals surface area contributed by atoms with Crippen molar-refractivity contribution < 1.29 is 70.4 Å². The largest absolute Gasteiger partial charge is 0.508 e. The first-order valence-electron chi connectivity index (χ1n) is 22.3. The number of ether oxygens (including phenoxy) is 2. The molecule has 21 nitrogen and oxygen atoms in total. The number of aliphatic hydroxyl groups excluding tert-OH is 1. The molecule has 0 radical (unpaired) electrons. The minimum absolute atomic E-state index is 0.0232. The summed E-state index contributed by atoms with van der Waals surface area (Å²) < 4.78 is 47.1. The average molecular weight is 961 g/mol. The zero-order chi connectivity index (χ0) is 49.7. The van der Waals surface area contributed by atoms with Gasteiger partial charge in [-0.15, -0.1) is 0 Å². The van der Waals surface area contributed by atoms with Crippen LogP contribution in [-0.4, -0.2) is 150 Å². The molecule has 0 aliphatic carbocycles. The number of likely N-dealkylation sites (N-methyl/N-ethyl adjacent to an activating group) is 1. The molecule has 2 heterocycles. The second kappa shape index (κ2) is 24.4. The number of hydrogen-bond donors (Lipinski definition) is 7. The van der Waals surface area contributed by atoms with Crippen LogP contribution < -0.4 is 21.3 Å². The predicted octanol–water partition coefficient (Wildman–Crippen LogP) is 0.515. The minimum Gasteiger partial charge on any atom is -0.508 e. The summed E-state index contributed by atoms with van der Waals surface area (Å²) >= 11 is 0. The first-order chi connectivity index (χ1) is 31.6. The van der Waals surface area contributed by atoms with Crippen molar-refractivity contribution in [3.8, 4) is 5.75 Å². The fourth-order valence-electron chi connectivity index (χ4n) is 7.89. The van der Waals surface area contributed by atoms with Crippen LogP contribution in [0.2, 0.25) is 0 Å². The van der Waals surface area contributed by atoms with Crippen LogP contribution in [0.25, 0.3) is 0 Å². The number of phenols is 1. The van der Waals surface area contributed by atoms with E-state index in [1.807, 2.05) is 0 Å². The highest BCUT2D eigenvalue weighted by atomic mass is 32.3. The van der Waals surface area contributed by atoms with Gasteiger partial charge in [-0.25, -0.2) is 8.98 Å². The lowest BCUT2D eigenvalue weighted by molar-refractivity contribution is -0.168. The number of phenolic OH excluding ortho intramolecular Hbond substituents is 1. The average Bonchev–Trinajstić information content (AvgIpc) is 3.29. The van der Waals surface area contributed by atoms with Gasteiger partial charge in [-0.2, -0.15) is 8.42 Å². The maximum Gasteiger partial charge on any atom is 0.397 e. The number of fused-ring (bicyclic) bond motifs is 2. The van der Waals surface area contributed by atoms with Crippen molar-refractivity contribution in [3.63, 3.8) is 0 Å². The van der Waals surface area contributed by atoms with Crippen LogP contribution in [-0.2, 0) is 70.5 Å². The number of aryl methyl sites for hydroxylation is 1. The maximum atomic E-state index is 14.9. The standard InChI is InChI=1S/C45H64N6O15S/c1-8-25(3)36-45(60)66-27(5)37(49-41(56)34(64-7)24-65-67(61,62)63)42(57)46-31(20-17-28-15-18-30(52)19-16-28)39(54)47-32-21-22-35(53)51(43(32)58)38(26(4)9-2)44(59)50(6)33(40(55)48-36)23-29-13-11-10-12-14-29/h10-16,18-19,25-27,31-38,52-53H,8-9,17,20-24H2,1-7H3,(H,46,57)(H,47,54)(H,48,55)(H,49,56)(H,61,62,63)/t25-,26-,27+,31+,32+,33-,34-,35-,36+,37+,38+/m1/s1. The number of nitrogens with zero attached hydrogens (tertiary/aromatic N) is 2. The number of carbonyl (C=O) groups excluding carboxylic acids is 7. The Morgan fingerprint density at radius 2 is 1.52 bits per heavy atom. The molecule has 370 valence electrons. The fourth-order valence-corrected chi connectivity index (χ4v) is 8.18. The van der Waals surface area contributed by atoms with E-state index in [2.05, 4.69) is 25.5 Å². The number of hydrogen-bond acceptors (Lipinski definition) is 14. The minimum atomic E-state index is -5.05. The number of amides is 6. The third-order valence-electron chi connectivity index (χ3n) is 12.4. The van der Waals surface area contributed by atoms with Gasteiger partial charge in [0.15, 0.2) is 6.10 Å². The van der Waals surface area contributed by atoms with Crippen LogP contribution in [0.5, 0.6) is 5.75 Å². The lowest BCUT2D eigenvalue weighted by Gasteiger charge is -2.44. The SMILES string of the molecule is CC[C@@H](C)[C@@H]1NC(=O)[C@@H](Cc2ccccc2)N(C)C(=O)[C@H]([C@H](C)CC)N2C(=O)[C@H](CC[C@H]2O)NC(=O)[C@H](CCc2ccc(O)cc2)NC(=O)[C@@H](NC(=O)[C@@H](COS(=O)(=O)O)OC)[C@H](C)OC1=O. The topological polar surface area (TPSA) is 297 Å². The van der Waals surface area contributed by atoms with E-state index in [1.165, 1.54) is 31.0 Å². The molecule has 2 aliphatic heterocycles. The highest BCUT2D eigenvalue weighted by molar-refractivity contribution is 7.80. The Morgan fingerprint density at radius 1 is 0.881 bits per heavy atom. The Morgan fingerprint density at radius 3 is 2.12 bits per heavy atom. The summed E-state index contributed by atoms with van der Waals surface area (Å²) in [5, 5.41) is 31.7. The highest BCUT2D eigenvalue weighted by Crippen LogP contribution is 2.28. The van der Waals surface area contributed by atoms with Crippen molar-refractivity contribution in [1.82, 2.24) is 31.1 Å². The number of methoxy groups -OCH3 is 1. The van der Waals surface area contributed by atoms with E-state index < -0.39 is 125 Å². The second-order valence-corrected chi connectivity index (χ2v) is 18.1. The van der Waals surface area contributed by atoms with Crippen LogP contribution in [0, 0.1) is 11.8 Å².